The third kappa shape index (κ3) is 4.06. The highest BCUT2D eigenvalue weighted by Gasteiger charge is 2.32. The van der Waals surface area contributed by atoms with Crippen molar-refractivity contribution in [2.75, 3.05) is 18.5 Å². The fourth-order valence-corrected chi connectivity index (χ4v) is 5.56. The third-order valence-corrected chi connectivity index (χ3v) is 7.28. The smallest absolute Gasteiger partial charge is 0.286 e. The van der Waals surface area contributed by atoms with Crippen molar-refractivity contribution in [1.29, 1.82) is 0 Å². The van der Waals surface area contributed by atoms with Crippen LogP contribution in [0.15, 0.2) is 45.7 Å². The van der Waals surface area contributed by atoms with E-state index < -0.39 is 10.0 Å². The Kier molecular flexibility index (Phi) is 5.79. The largest absolute Gasteiger partial charge is 0.337 e. The molecule has 0 bridgehead atoms. The van der Waals surface area contributed by atoms with Crippen LogP contribution in [-0.2, 0) is 16.6 Å². The molecule has 2 aromatic rings. The molecule has 0 N–H and O–H groups in total. The van der Waals surface area contributed by atoms with E-state index in [1.807, 2.05) is 4.90 Å². The first-order valence-electron chi connectivity index (χ1n) is 9.71. The van der Waals surface area contributed by atoms with E-state index in [1.165, 1.54) is 11.0 Å². The Bertz CT molecular complexity index is 1150. The molecule has 2 aliphatic heterocycles. The first-order valence-corrected chi connectivity index (χ1v) is 11.9. The van der Waals surface area contributed by atoms with Gasteiger partial charge in [0.1, 0.15) is 10.7 Å². The monoisotopic (exact) mass is 465 g/mol. The molecule has 1 fully saturated rings. The summed E-state index contributed by atoms with van der Waals surface area (Å²) in [6.07, 6.45) is 3.59. The minimum Gasteiger partial charge on any atom is -0.337 e. The van der Waals surface area contributed by atoms with E-state index in [9.17, 15) is 13.2 Å². The molecule has 6 nitrogen and oxygen atoms in total. The third-order valence-electron chi connectivity index (χ3n) is 5.36. The molecule has 2 heterocycles. The van der Waals surface area contributed by atoms with Gasteiger partial charge >= 0.3 is 0 Å². The summed E-state index contributed by atoms with van der Waals surface area (Å²) in [5, 5.41) is 0.990. The van der Waals surface area contributed by atoms with Crippen molar-refractivity contribution in [2.24, 2.45) is 4.40 Å². The zero-order valence-electron chi connectivity index (χ0n) is 16.4. The number of benzene rings is 2. The molecule has 0 saturated carbocycles. The topological polar surface area (TPSA) is 70.0 Å². The highest BCUT2D eigenvalue weighted by Crippen LogP contribution is 2.35. The predicted molar refractivity (Wildman–Crippen MR) is 119 cm³/mol. The van der Waals surface area contributed by atoms with Crippen LogP contribution in [0.3, 0.4) is 0 Å². The van der Waals surface area contributed by atoms with Gasteiger partial charge in [-0.25, -0.2) is 0 Å². The molecule has 0 radical (unpaired) electrons. The lowest BCUT2D eigenvalue weighted by molar-refractivity contribution is 0.0785. The van der Waals surface area contributed by atoms with Gasteiger partial charge < -0.3 is 9.80 Å². The van der Waals surface area contributed by atoms with Crippen LogP contribution in [0.1, 0.15) is 41.6 Å². The summed E-state index contributed by atoms with van der Waals surface area (Å²) in [6, 6.07) is 9.91. The summed E-state index contributed by atoms with van der Waals surface area (Å²) in [6.45, 7) is 0.997. The lowest BCUT2D eigenvalue weighted by atomic mass is 10.1. The lowest BCUT2D eigenvalue weighted by Gasteiger charge is -2.30. The highest BCUT2D eigenvalue weighted by molar-refractivity contribution is 7.90. The van der Waals surface area contributed by atoms with Gasteiger partial charge in [0, 0.05) is 42.2 Å². The van der Waals surface area contributed by atoms with Gasteiger partial charge in [0.25, 0.3) is 15.9 Å². The first kappa shape index (κ1) is 21.2. The number of sulfonamides is 1. The summed E-state index contributed by atoms with van der Waals surface area (Å²) < 4.78 is 29.6. The number of carbonyl (C=O) groups excluding carboxylic acids is 1. The molecular weight excluding hydrogens is 445 g/mol. The minimum absolute atomic E-state index is 0.0805. The average molecular weight is 466 g/mol. The maximum absolute atomic E-state index is 13.0. The maximum Gasteiger partial charge on any atom is 0.286 e. The average Bonchev–Trinajstić information content (AvgIpc) is 2.94. The van der Waals surface area contributed by atoms with E-state index in [0.717, 1.165) is 31.4 Å². The van der Waals surface area contributed by atoms with Crippen LogP contribution in [0, 0.1) is 0 Å². The molecule has 0 aliphatic carbocycles. The zero-order valence-corrected chi connectivity index (χ0v) is 18.8. The molecule has 2 aliphatic rings. The van der Waals surface area contributed by atoms with E-state index in [-0.39, 0.29) is 17.3 Å². The summed E-state index contributed by atoms with van der Waals surface area (Å²) in [7, 11) is -2.20. The molecule has 2 aromatic carbocycles. The van der Waals surface area contributed by atoms with Crippen molar-refractivity contribution in [3.8, 4) is 0 Å². The van der Waals surface area contributed by atoms with Crippen LogP contribution in [0.5, 0.6) is 0 Å². The number of anilines is 1. The predicted octanol–water partition coefficient (Wildman–Crippen LogP) is 4.75. The van der Waals surface area contributed by atoms with Gasteiger partial charge in [-0.05, 0) is 48.7 Å². The summed E-state index contributed by atoms with van der Waals surface area (Å²) >= 11 is 12.1. The standard InChI is InChI=1S/C21H21Cl2N3O3S/c1-25(13-15-6-8-16(22)12-17(15)23)21(27)14-7-9-18-19(11-14)30(28,29)24-20-5-3-2-4-10-26(18)20/h6-9,11-12H,2-5,10,13H2,1H3. The van der Waals surface area contributed by atoms with Crippen molar-refractivity contribution >= 4 is 50.7 Å². The second kappa shape index (κ2) is 8.21. The molecule has 0 spiro atoms. The van der Waals surface area contributed by atoms with Crippen LogP contribution in [0.2, 0.25) is 10.0 Å². The van der Waals surface area contributed by atoms with E-state index in [0.29, 0.717) is 33.6 Å². The Morgan fingerprint density at radius 2 is 1.93 bits per heavy atom. The number of nitrogens with zero attached hydrogens (tertiary/aromatic N) is 3. The van der Waals surface area contributed by atoms with Crippen LogP contribution >= 0.6 is 23.2 Å². The second-order valence-corrected chi connectivity index (χ2v) is 9.94. The van der Waals surface area contributed by atoms with E-state index in [1.54, 1.807) is 37.4 Å². The molecule has 158 valence electrons. The number of carbonyl (C=O) groups is 1. The van der Waals surface area contributed by atoms with Gasteiger partial charge in [0.05, 0.1) is 5.69 Å². The summed E-state index contributed by atoms with van der Waals surface area (Å²) in [5.41, 5.74) is 1.64. The van der Waals surface area contributed by atoms with Crippen LogP contribution in [0.25, 0.3) is 0 Å². The Morgan fingerprint density at radius 1 is 1.13 bits per heavy atom. The van der Waals surface area contributed by atoms with E-state index in [2.05, 4.69) is 4.40 Å². The van der Waals surface area contributed by atoms with Crippen LogP contribution in [0.4, 0.5) is 5.69 Å². The fraction of sp³-hybridized carbons (Fsp3) is 0.333. The van der Waals surface area contributed by atoms with Gasteiger partial charge in [-0.3, -0.25) is 4.79 Å². The maximum atomic E-state index is 13.0. The molecule has 1 amide bonds. The highest BCUT2D eigenvalue weighted by atomic mass is 35.5. The zero-order chi connectivity index (χ0) is 21.5. The van der Waals surface area contributed by atoms with E-state index in [4.69, 9.17) is 23.2 Å². The van der Waals surface area contributed by atoms with Gasteiger partial charge in [-0.2, -0.15) is 8.42 Å². The molecule has 0 atom stereocenters. The molecule has 1 saturated heterocycles. The number of fused-ring (bicyclic) bond motifs is 3. The van der Waals surface area contributed by atoms with Crippen molar-refractivity contribution in [1.82, 2.24) is 4.90 Å². The summed E-state index contributed by atoms with van der Waals surface area (Å²) in [5.74, 6) is 0.290. The molecule has 4 rings (SSSR count). The molecule has 0 aromatic heterocycles. The number of halogens is 2. The number of hydrogen-bond acceptors (Lipinski definition) is 4. The minimum atomic E-state index is -3.84. The number of hydrogen-bond donors (Lipinski definition) is 0. The van der Waals surface area contributed by atoms with Crippen molar-refractivity contribution in [2.45, 2.75) is 37.1 Å². The molecule has 9 heteroatoms. The van der Waals surface area contributed by atoms with Gasteiger partial charge in [-0.15, -0.1) is 4.40 Å². The molecule has 30 heavy (non-hydrogen) atoms. The van der Waals surface area contributed by atoms with Crippen molar-refractivity contribution in [3.63, 3.8) is 0 Å². The molecule has 0 unspecified atom stereocenters. The van der Waals surface area contributed by atoms with Gasteiger partial charge in [-0.1, -0.05) is 35.7 Å². The quantitative estimate of drug-likeness (QED) is 0.655. The van der Waals surface area contributed by atoms with E-state index >= 15 is 0 Å². The number of amidine groups is 1. The number of rotatable bonds is 3. The Morgan fingerprint density at radius 3 is 2.70 bits per heavy atom. The first-order chi connectivity index (χ1) is 14.3. The lowest BCUT2D eigenvalue weighted by Crippen LogP contribution is -2.35. The van der Waals surface area contributed by atoms with Gasteiger partial charge in [0.15, 0.2) is 0 Å². The van der Waals surface area contributed by atoms with Crippen LogP contribution < -0.4 is 4.90 Å². The van der Waals surface area contributed by atoms with Crippen LogP contribution in [-0.4, -0.2) is 38.7 Å². The Hall–Kier alpha value is -2.09. The second-order valence-electron chi connectivity index (χ2n) is 7.52. The fourth-order valence-electron chi connectivity index (χ4n) is 3.81. The SMILES string of the molecule is CN(Cc1ccc(Cl)cc1Cl)C(=O)c1ccc2c(c1)S(=O)(=O)N=C1CCCCCN12. The number of amides is 1. The Labute approximate surface area is 186 Å². The summed E-state index contributed by atoms with van der Waals surface area (Å²) in [4.78, 5) is 16.5. The Balaban J connectivity index is 1.63. The normalized spacial score (nSPS) is 17.4. The van der Waals surface area contributed by atoms with Crippen molar-refractivity contribution in [3.05, 3.63) is 57.6 Å². The molecular formula is C21H21Cl2N3O3S. The van der Waals surface area contributed by atoms with Crippen molar-refractivity contribution < 1.29 is 13.2 Å². The van der Waals surface area contributed by atoms with Gasteiger partial charge in [0.2, 0.25) is 0 Å².